The van der Waals surface area contributed by atoms with E-state index in [4.69, 9.17) is 5.11 Å². The summed E-state index contributed by atoms with van der Waals surface area (Å²) in [6.45, 7) is 2.09. The average Bonchev–Trinajstić information content (AvgIpc) is 2.72. The number of benzene rings is 1. The topological polar surface area (TPSA) is 37.5 Å². The molecule has 76 valence electrons. The van der Waals surface area contributed by atoms with E-state index in [0.29, 0.717) is 0 Å². The monoisotopic (exact) mass is 218 g/mol. The number of aliphatic hydroxyl groups is 1. The number of aliphatic hydroxyl groups excluding tert-OH is 1. The van der Waals surface area contributed by atoms with E-state index in [1.54, 1.807) is 11.3 Å². The summed E-state index contributed by atoms with van der Waals surface area (Å²) in [7, 11) is 0. The highest BCUT2D eigenvalue weighted by molar-refractivity contribution is 7.23. The Balaban J connectivity index is 2.40. The van der Waals surface area contributed by atoms with Crippen LogP contribution < -0.4 is 0 Å². The molecule has 0 fully saturated rings. The van der Waals surface area contributed by atoms with Crippen LogP contribution in [0.4, 0.5) is 0 Å². The Morgan fingerprint density at radius 3 is 3.13 bits per heavy atom. The van der Waals surface area contributed by atoms with Crippen molar-refractivity contribution < 1.29 is 5.11 Å². The summed E-state index contributed by atoms with van der Waals surface area (Å²) in [5, 5.41) is 9.05. The van der Waals surface area contributed by atoms with Crippen LogP contribution >= 0.6 is 11.3 Å². The van der Waals surface area contributed by atoms with Gasteiger partial charge in [0.25, 0.3) is 0 Å². The number of hydrogen-bond donors (Lipinski definition) is 1. The zero-order valence-corrected chi connectivity index (χ0v) is 9.08. The van der Waals surface area contributed by atoms with Gasteiger partial charge >= 0.3 is 0 Å². The number of nitrogens with zero attached hydrogens (tertiary/aromatic N) is 2. The minimum atomic E-state index is 0.0924. The average molecular weight is 218 g/mol. The molecular formula is C11H10N2OS. The third-order valence-electron chi connectivity index (χ3n) is 2.46. The maximum absolute atomic E-state index is 9.05. The van der Waals surface area contributed by atoms with Gasteiger partial charge in [-0.2, -0.15) is 0 Å². The van der Waals surface area contributed by atoms with Crippen LogP contribution in [-0.2, 0) is 6.61 Å². The Hall–Kier alpha value is -1.39. The van der Waals surface area contributed by atoms with Crippen LogP contribution in [-0.4, -0.2) is 14.5 Å². The predicted molar refractivity (Wildman–Crippen MR) is 61.2 cm³/mol. The maximum Gasteiger partial charge on any atom is 0.194 e. The van der Waals surface area contributed by atoms with Crippen LogP contribution in [0, 0.1) is 6.92 Å². The normalized spacial score (nSPS) is 11.6. The van der Waals surface area contributed by atoms with Crippen LogP contribution in [0.5, 0.6) is 0 Å². The standard InChI is InChI=1S/C11H10N2OS/c1-7-5-13-9-3-2-8(6-14)4-10(9)15-11(13)12-7/h2-5,14H,6H2,1H3. The van der Waals surface area contributed by atoms with E-state index in [1.807, 2.05) is 31.3 Å². The lowest BCUT2D eigenvalue weighted by Gasteiger charge is -1.95. The Kier molecular flexibility index (Phi) is 1.81. The van der Waals surface area contributed by atoms with Crippen molar-refractivity contribution in [1.29, 1.82) is 0 Å². The molecule has 0 aliphatic carbocycles. The van der Waals surface area contributed by atoms with E-state index in [-0.39, 0.29) is 6.61 Å². The molecule has 0 saturated carbocycles. The van der Waals surface area contributed by atoms with Gasteiger partial charge in [0.1, 0.15) is 0 Å². The fraction of sp³-hybridized carbons (Fsp3) is 0.182. The molecule has 0 radical (unpaired) electrons. The summed E-state index contributed by atoms with van der Waals surface area (Å²) in [6, 6.07) is 6.00. The largest absolute Gasteiger partial charge is 0.392 e. The number of rotatable bonds is 1. The molecule has 3 aromatic rings. The first-order chi connectivity index (χ1) is 7.28. The minimum absolute atomic E-state index is 0.0924. The van der Waals surface area contributed by atoms with Crippen molar-refractivity contribution in [2.45, 2.75) is 13.5 Å². The summed E-state index contributed by atoms with van der Waals surface area (Å²) in [4.78, 5) is 5.44. The van der Waals surface area contributed by atoms with Crippen LogP contribution in [0.2, 0.25) is 0 Å². The van der Waals surface area contributed by atoms with Crippen LogP contribution in [0.3, 0.4) is 0 Å². The number of imidazole rings is 1. The van der Waals surface area contributed by atoms with E-state index in [0.717, 1.165) is 21.7 Å². The summed E-state index contributed by atoms with van der Waals surface area (Å²) in [6.07, 6.45) is 2.03. The van der Waals surface area contributed by atoms with E-state index >= 15 is 0 Å². The first kappa shape index (κ1) is 8.88. The molecule has 1 aromatic carbocycles. The highest BCUT2D eigenvalue weighted by Crippen LogP contribution is 2.27. The molecule has 4 heteroatoms. The molecule has 0 aliphatic rings. The molecular weight excluding hydrogens is 208 g/mol. The zero-order chi connectivity index (χ0) is 10.4. The molecule has 3 rings (SSSR count). The Bertz CT molecular complexity index is 638. The zero-order valence-electron chi connectivity index (χ0n) is 8.27. The molecule has 0 saturated heterocycles. The van der Waals surface area contributed by atoms with Crippen molar-refractivity contribution in [1.82, 2.24) is 9.38 Å². The number of aryl methyl sites for hydroxylation is 1. The van der Waals surface area contributed by atoms with Gasteiger partial charge in [-0.15, -0.1) is 0 Å². The highest BCUT2D eigenvalue weighted by atomic mass is 32.1. The number of hydrogen-bond acceptors (Lipinski definition) is 3. The van der Waals surface area contributed by atoms with Gasteiger partial charge in [-0.3, -0.25) is 4.40 Å². The first-order valence-corrected chi connectivity index (χ1v) is 5.57. The second-order valence-electron chi connectivity index (χ2n) is 3.60. The van der Waals surface area contributed by atoms with Gasteiger partial charge < -0.3 is 5.11 Å². The maximum atomic E-state index is 9.05. The molecule has 3 nitrogen and oxygen atoms in total. The van der Waals surface area contributed by atoms with Gasteiger partial charge in [-0.05, 0) is 24.6 Å². The SMILES string of the molecule is Cc1cn2c(n1)sc1cc(CO)ccc12. The van der Waals surface area contributed by atoms with Crippen LogP contribution in [0.25, 0.3) is 15.2 Å². The third-order valence-corrected chi connectivity index (χ3v) is 3.48. The molecule has 1 N–H and O–H groups in total. The Morgan fingerprint density at radius 2 is 2.33 bits per heavy atom. The van der Waals surface area contributed by atoms with E-state index in [9.17, 15) is 0 Å². The second kappa shape index (κ2) is 3.05. The van der Waals surface area contributed by atoms with Gasteiger partial charge in [0.05, 0.1) is 22.5 Å². The lowest BCUT2D eigenvalue weighted by Crippen LogP contribution is -1.82. The van der Waals surface area contributed by atoms with Gasteiger partial charge in [0, 0.05) is 6.20 Å². The minimum Gasteiger partial charge on any atom is -0.392 e. The van der Waals surface area contributed by atoms with Crippen LogP contribution in [0.1, 0.15) is 11.3 Å². The van der Waals surface area contributed by atoms with Crippen molar-refractivity contribution in [2.24, 2.45) is 0 Å². The summed E-state index contributed by atoms with van der Waals surface area (Å²) >= 11 is 1.65. The predicted octanol–water partition coefficient (Wildman–Crippen LogP) is 2.35. The molecule has 15 heavy (non-hydrogen) atoms. The fourth-order valence-corrected chi connectivity index (χ4v) is 2.87. The molecule has 0 atom stereocenters. The van der Waals surface area contributed by atoms with Crippen molar-refractivity contribution in [2.75, 3.05) is 0 Å². The van der Waals surface area contributed by atoms with Gasteiger partial charge in [-0.1, -0.05) is 17.4 Å². The number of fused-ring (bicyclic) bond motifs is 3. The second-order valence-corrected chi connectivity index (χ2v) is 4.61. The van der Waals surface area contributed by atoms with Crippen molar-refractivity contribution in [3.05, 3.63) is 35.7 Å². The molecule has 0 aliphatic heterocycles. The van der Waals surface area contributed by atoms with Crippen LogP contribution in [0.15, 0.2) is 24.4 Å². The van der Waals surface area contributed by atoms with E-state index < -0.39 is 0 Å². The molecule has 2 heterocycles. The van der Waals surface area contributed by atoms with Crippen molar-refractivity contribution in [3.63, 3.8) is 0 Å². The summed E-state index contributed by atoms with van der Waals surface area (Å²) < 4.78 is 3.26. The molecule has 0 spiro atoms. The lowest BCUT2D eigenvalue weighted by molar-refractivity contribution is 0.282. The molecule has 2 aromatic heterocycles. The molecule has 0 bridgehead atoms. The lowest BCUT2D eigenvalue weighted by atomic mass is 10.2. The third kappa shape index (κ3) is 1.26. The van der Waals surface area contributed by atoms with Crippen molar-refractivity contribution in [3.8, 4) is 0 Å². The Labute approximate surface area is 90.6 Å². The van der Waals surface area contributed by atoms with E-state index in [2.05, 4.69) is 9.38 Å². The summed E-state index contributed by atoms with van der Waals surface area (Å²) in [5.74, 6) is 0. The first-order valence-electron chi connectivity index (χ1n) is 4.76. The smallest absolute Gasteiger partial charge is 0.194 e. The van der Waals surface area contributed by atoms with Gasteiger partial charge in [0.15, 0.2) is 4.96 Å². The molecule has 0 amide bonds. The van der Waals surface area contributed by atoms with Crippen molar-refractivity contribution >= 4 is 26.5 Å². The van der Waals surface area contributed by atoms with Gasteiger partial charge in [0.2, 0.25) is 0 Å². The molecule has 0 unspecified atom stereocenters. The Morgan fingerprint density at radius 1 is 1.47 bits per heavy atom. The summed E-state index contributed by atoms with van der Waals surface area (Å²) in [5.41, 5.74) is 3.14. The van der Waals surface area contributed by atoms with Gasteiger partial charge in [-0.25, -0.2) is 4.98 Å². The quantitative estimate of drug-likeness (QED) is 0.680. The number of aromatic nitrogens is 2. The van der Waals surface area contributed by atoms with E-state index in [1.165, 1.54) is 4.70 Å². The highest BCUT2D eigenvalue weighted by Gasteiger charge is 2.06. The fourth-order valence-electron chi connectivity index (χ4n) is 1.76. The number of thiazole rings is 1.